The molecule has 0 aliphatic carbocycles. The second-order valence-electron chi connectivity index (χ2n) is 8.70. The lowest BCUT2D eigenvalue weighted by atomic mass is 9.95. The number of piperidine rings is 1. The number of likely N-dealkylation sites (N-methyl/N-ethyl adjacent to an activating group) is 1. The van der Waals surface area contributed by atoms with Gasteiger partial charge in [0.25, 0.3) is 0 Å². The Bertz CT molecular complexity index is 969. The summed E-state index contributed by atoms with van der Waals surface area (Å²) in [6.07, 6.45) is 1.84. The van der Waals surface area contributed by atoms with Gasteiger partial charge in [-0.15, -0.1) is 0 Å². The first kappa shape index (κ1) is 22.1. The first-order valence-electron chi connectivity index (χ1n) is 11.1. The molecule has 8 heteroatoms. The summed E-state index contributed by atoms with van der Waals surface area (Å²) in [5.41, 5.74) is 2.84. The third-order valence-corrected chi connectivity index (χ3v) is 6.10. The Morgan fingerprint density at radius 3 is 2.81 bits per heavy atom. The number of hydrogen-bond acceptors (Lipinski definition) is 3. The van der Waals surface area contributed by atoms with Crippen molar-refractivity contribution in [3.63, 3.8) is 0 Å². The second-order valence-corrected chi connectivity index (χ2v) is 8.70. The Kier molecular flexibility index (Phi) is 6.90. The van der Waals surface area contributed by atoms with E-state index < -0.39 is 5.82 Å². The Morgan fingerprint density at radius 1 is 1.12 bits per heavy atom. The zero-order valence-corrected chi connectivity index (χ0v) is 18.3. The van der Waals surface area contributed by atoms with Crippen molar-refractivity contribution in [2.45, 2.75) is 25.4 Å². The van der Waals surface area contributed by atoms with E-state index in [4.69, 9.17) is 0 Å². The van der Waals surface area contributed by atoms with Gasteiger partial charge in [0, 0.05) is 38.4 Å². The van der Waals surface area contributed by atoms with Crippen LogP contribution in [0.25, 0.3) is 0 Å². The fourth-order valence-corrected chi connectivity index (χ4v) is 4.54. The summed E-state index contributed by atoms with van der Waals surface area (Å²) in [4.78, 5) is 29.2. The number of fused-ring (bicyclic) bond motifs is 1. The van der Waals surface area contributed by atoms with E-state index >= 15 is 0 Å². The van der Waals surface area contributed by atoms with Crippen LogP contribution in [0.2, 0.25) is 0 Å². The average molecular weight is 440 g/mol. The van der Waals surface area contributed by atoms with Gasteiger partial charge < -0.3 is 20.9 Å². The van der Waals surface area contributed by atoms with Gasteiger partial charge in [-0.05, 0) is 55.1 Å². The van der Waals surface area contributed by atoms with Crippen molar-refractivity contribution in [2.75, 3.05) is 38.5 Å². The van der Waals surface area contributed by atoms with Gasteiger partial charge in [-0.1, -0.05) is 30.3 Å². The Morgan fingerprint density at radius 2 is 1.97 bits per heavy atom. The molecule has 2 atom stereocenters. The van der Waals surface area contributed by atoms with Gasteiger partial charge in [-0.2, -0.15) is 0 Å². The van der Waals surface area contributed by atoms with E-state index in [9.17, 15) is 14.0 Å². The number of urea groups is 2. The summed E-state index contributed by atoms with van der Waals surface area (Å²) in [6.45, 7) is 3.43. The van der Waals surface area contributed by atoms with Gasteiger partial charge in [0.05, 0.1) is 6.04 Å². The quantitative estimate of drug-likeness (QED) is 0.682. The number of carbonyl (C=O) groups is 2. The maximum Gasteiger partial charge on any atom is 0.319 e. The molecule has 0 aromatic heterocycles. The minimum absolute atomic E-state index is 0.0343. The van der Waals surface area contributed by atoms with Crippen LogP contribution in [0.15, 0.2) is 48.5 Å². The minimum atomic E-state index is -0.400. The van der Waals surface area contributed by atoms with Gasteiger partial charge in [0.2, 0.25) is 0 Å². The molecule has 2 aromatic rings. The highest BCUT2D eigenvalue weighted by Crippen LogP contribution is 2.26. The third-order valence-electron chi connectivity index (χ3n) is 6.10. The number of carbonyl (C=O) groups excluding carboxylic acids is 2. The molecule has 0 saturated carbocycles. The van der Waals surface area contributed by atoms with Crippen LogP contribution in [0.5, 0.6) is 0 Å². The lowest BCUT2D eigenvalue weighted by Gasteiger charge is -2.37. The van der Waals surface area contributed by atoms with Crippen LogP contribution in [-0.2, 0) is 6.54 Å². The van der Waals surface area contributed by atoms with E-state index in [0.29, 0.717) is 25.3 Å². The molecule has 2 aliphatic heterocycles. The highest BCUT2D eigenvalue weighted by molar-refractivity contribution is 5.89. The number of halogens is 1. The van der Waals surface area contributed by atoms with E-state index in [-0.39, 0.29) is 24.0 Å². The second kappa shape index (κ2) is 9.99. The summed E-state index contributed by atoms with van der Waals surface area (Å²) in [5, 5.41) is 8.69. The number of rotatable bonds is 4. The van der Waals surface area contributed by atoms with Gasteiger partial charge in [-0.3, -0.25) is 4.90 Å². The zero-order valence-electron chi connectivity index (χ0n) is 18.3. The minimum Gasteiger partial charge on any atom is -0.338 e. The molecular formula is C24H30FN5O2. The number of amides is 4. The normalized spacial score (nSPS) is 20.9. The van der Waals surface area contributed by atoms with Gasteiger partial charge in [-0.25, -0.2) is 14.0 Å². The molecule has 0 bridgehead atoms. The van der Waals surface area contributed by atoms with Crippen molar-refractivity contribution >= 4 is 17.7 Å². The first-order chi connectivity index (χ1) is 15.5. The van der Waals surface area contributed by atoms with E-state index in [0.717, 1.165) is 25.9 Å². The predicted molar refractivity (Wildman–Crippen MR) is 122 cm³/mol. The molecule has 170 valence electrons. The highest BCUT2D eigenvalue weighted by Gasteiger charge is 2.29. The zero-order chi connectivity index (χ0) is 22.5. The standard InChI is InChI=1S/C24H30FN5O2/c1-29-15-18-7-2-3-10-21(18)22(16-29)28-24(32)30-11-5-6-17(14-30)13-26-23(31)27-20-9-4-8-19(25)12-20/h2-4,7-10,12,17,22H,5-6,11,13-16H2,1H3,(H,28,32)(H2,26,27,31). The Labute approximate surface area is 188 Å². The molecular weight excluding hydrogens is 409 g/mol. The number of anilines is 1. The maximum atomic E-state index is 13.3. The van der Waals surface area contributed by atoms with Crippen LogP contribution in [-0.4, -0.2) is 55.1 Å². The SMILES string of the molecule is CN1Cc2ccccc2C(NC(=O)N2CCCC(CNC(=O)Nc3cccc(F)c3)C2)C1. The third kappa shape index (κ3) is 5.56. The Balaban J connectivity index is 1.28. The molecule has 3 N–H and O–H groups in total. The summed E-state index contributed by atoms with van der Waals surface area (Å²) in [7, 11) is 2.06. The smallest absolute Gasteiger partial charge is 0.319 e. The van der Waals surface area contributed by atoms with Gasteiger partial charge in [0.15, 0.2) is 0 Å². The van der Waals surface area contributed by atoms with Crippen molar-refractivity contribution in [2.24, 2.45) is 5.92 Å². The first-order valence-corrected chi connectivity index (χ1v) is 11.1. The molecule has 0 radical (unpaired) electrons. The number of benzene rings is 2. The molecule has 2 unspecified atom stereocenters. The monoisotopic (exact) mass is 439 g/mol. The lowest BCUT2D eigenvalue weighted by molar-refractivity contribution is 0.156. The van der Waals surface area contributed by atoms with Crippen molar-refractivity contribution in [1.82, 2.24) is 20.4 Å². The van der Waals surface area contributed by atoms with Crippen molar-refractivity contribution in [1.29, 1.82) is 0 Å². The molecule has 2 heterocycles. The molecule has 2 aliphatic rings. The fourth-order valence-electron chi connectivity index (χ4n) is 4.54. The summed E-state index contributed by atoms with van der Waals surface area (Å²) >= 11 is 0. The molecule has 1 fully saturated rings. The number of nitrogens with one attached hydrogen (secondary N) is 3. The Hall–Kier alpha value is -3.13. The molecule has 0 spiro atoms. The van der Waals surface area contributed by atoms with Crippen LogP contribution in [0.4, 0.5) is 19.7 Å². The summed E-state index contributed by atoms with van der Waals surface area (Å²) in [5.74, 6) is -0.224. The molecule has 7 nitrogen and oxygen atoms in total. The van der Waals surface area contributed by atoms with Crippen LogP contribution >= 0.6 is 0 Å². The summed E-state index contributed by atoms with van der Waals surface area (Å²) in [6, 6.07) is 13.6. The lowest BCUT2D eigenvalue weighted by Crippen LogP contribution is -2.50. The molecule has 4 rings (SSSR count). The number of hydrogen-bond donors (Lipinski definition) is 3. The molecule has 2 aromatic carbocycles. The van der Waals surface area contributed by atoms with E-state index in [1.165, 1.54) is 23.3 Å². The number of likely N-dealkylation sites (tertiary alicyclic amines) is 1. The summed E-state index contributed by atoms with van der Waals surface area (Å²) < 4.78 is 13.3. The van der Waals surface area contributed by atoms with Crippen LogP contribution in [0, 0.1) is 11.7 Å². The average Bonchev–Trinajstić information content (AvgIpc) is 2.78. The van der Waals surface area contributed by atoms with Crippen molar-refractivity contribution < 1.29 is 14.0 Å². The van der Waals surface area contributed by atoms with Crippen LogP contribution in [0.3, 0.4) is 0 Å². The highest BCUT2D eigenvalue weighted by atomic mass is 19.1. The van der Waals surface area contributed by atoms with Gasteiger partial charge >= 0.3 is 12.1 Å². The topological polar surface area (TPSA) is 76.7 Å². The van der Waals surface area contributed by atoms with Crippen molar-refractivity contribution in [3.05, 3.63) is 65.5 Å². The van der Waals surface area contributed by atoms with Crippen LogP contribution in [0.1, 0.15) is 30.0 Å². The van der Waals surface area contributed by atoms with E-state index in [1.807, 2.05) is 17.0 Å². The maximum absolute atomic E-state index is 13.3. The molecule has 1 saturated heterocycles. The fraction of sp³-hybridized carbons (Fsp3) is 0.417. The molecule has 32 heavy (non-hydrogen) atoms. The van der Waals surface area contributed by atoms with E-state index in [1.54, 1.807) is 12.1 Å². The predicted octanol–water partition coefficient (Wildman–Crippen LogP) is 3.56. The largest absolute Gasteiger partial charge is 0.338 e. The van der Waals surface area contributed by atoms with Crippen LogP contribution < -0.4 is 16.0 Å². The van der Waals surface area contributed by atoms with E-state index in [2.05, 4.69) is 40.0 Å². The van der Waals surface area contributed by atoms with Gasteiger partial charge in [0.1, 0.15) is 5.82 Å². The number of nitrogens with zero attached hydrogens (tertiary/aromatic N) is 2. The van der Waals surface area contributed by atoms with Crippen molar-refractivity contribution in [3.8, 4) is 0 Å². The molecule has 4 amide bonds.